The van der Waals surface area contributed by atoms with Crippen LogP contribution in [0.15, 0.2) is 41.3 Å². The third kappa shape index (κ3) is 6.45. The Morgan fingerprint density at radius 1 is 1.10 bits per heavy atom. The minimum absolute atomic E-state index is 0.0123. The number of sulfonamides is 1. The van der Waals surface area contributed by atoms with Crippen LogP contribution in [-0.2, 0) is 30.8 Å². The molecule has 1 N–H and O–H groups in total. The van der Waals surface area contributed by atoms with Crippen molar-refractivity contribution in [3.63, 3.8) is 0 Å². The van der Waals surface area contributed by atoms with Gasteiger partial charge in [0.15, 0.2) is 0 Å². The molecule has 0 aromatic heterocycles. The van der Waals surface area contributed by atoms with Crippen molar-refractivity contribution in [2.45, 2.75) is 70.2 Å². The monoisotopic (exact) mass is 575 g/mol. The predicted molar refractivity (Wildman–Crippen MR) is 132 cm³/mol. The zero-order valence-electron chi connectivity index (χ0n) is 21.9. The molecule has 0 fully saturated rings. The molecule has 1 aliphatic rings. The number of esters is 1. The Morgan fingerprint density at radius 2 is 1.74 bits per heavy atom. The lowest BCUT2D eigenvalue weighted by atomic mass is 9.86. The standard InChI is InChI=1S/C26H29F4NO7S/c1-15-10-18(7-8-19(15)27)39(35,36)31-14-17(13-24(2,3)23(33)34)37-21-9-6-16(11-20(21)31)12-22(32)38-25(4,5)26(28,29)30/h6-11,17H,12-14H2,1-5H3,(H,33,34)/t17-/m0/s1. The summed E-state index contributed by atoms with van der Waals surface area (Å²) in [7, 11) is -4.34. The molecule has 0 radical (unpaired) electrons. The Kier molecular flexibility index (Phi) is 7.99. The largest absolute Gasteiger partial charge is 0.486 e. The highest BCUT2D eigenvalue weighted by atomic mass is 32.2. The van der Waals surface area contributed by atoms with E-state index in [0.29, 0.717) is 13.8 Å². The van der Waals surface area contributed by atoms with E-state index < -0.39 is 57.5 Å². The number of carbonyl (C=O) groups is 2. The number of carboxylic acids is 1. The summed E-state index contributed by atoms with van der Waals surface area (Å²) in [6, 6.07) is 7.25. The first kappa shape index (κ1) is 30.2. The molecule has 0 amide bonds. The van der Waals surface area contributed by atoms with Crippen LogP contribution in [0.4, 0.5) is 23.2 Å². The van der Waals surface area contributed by atoms with E-state index in [-0.39, 0.29) is 40.4 Å². The van der Waals surface area contributed by atoms with E-state index in [9.17, 15) is 40.7 Å². The van der Waals surface area contributed by atoms with E-state index in [0.717, 1.165) is 22.5 Å². The van der Waals surface area contributed by atoms with Gasteiger partial charge in [-0.1, -0.05) is 6.07 Å². The zero-order chi connectivity index (χ0) is 29.6. The summed E-state index contributed by atoms with van der Waals surface area (Å²) in [6.45, 7) is 5.44. The number of benzene rings is 2. The average molecular weight is 576 g/mol. The Morgan fingerprint density at radius 3 is 2.31 bits per heavy atom. The molecule has 0 spiro atoms. The first-order chi connectivity index (χ1) is 17.7. The summed E-state index contributed by atoms with van der Waals surface area (Å²) >= 11 is 0. The number of carboxylic acid groups (broad SMARTS) is 1. The molecule has 2 aromatic carbocycles. The molecule has 214 valence electrons. The second-order valence-electron chi connectivity index (χ2n) is 10.5. The molecule has 13 heteroatoms. The number of hydrogen-bond donors (Lipinski definition) is 1. The fourth-order valence-electron chi connectivity index (χ4n) is 3.91. The van der Waals surface area contributed by atoms with Gasteiger partial charge in [0.2, 0.25) is 5.60 Å². The molecular formula is C26H29F4NO7S. The van der Waals surface area contributed by atoms with Crippen LogP contribution in [0.2, 0.25) is 0 Å². The molecule has 1 aliphatic heterocycles. The fourth-order valence-corrected chi connectivity index (χ4v) is 5.49. The number of carbonyl (C=O) groups excluding carboxylic acids is 1. The van der Waals surface area contributed by atoms with E-state index in [1.165, 1.54) is 39.0 Å². The number of halogens is 4. The SMILES string of the molecule is Cc1cc(S(=O)(=O)N2C[C@H](CC(C)(C)C(=O)O)Oc3ccc(CC(=O)OC(C)(C)C(F)(F)F)cc32)ccc1F. The van der Waals surface area contributed by atoms with Gasteiger partial charge < -0.3 is 14.6 Å². The number of aryl methyl sites for hydroxylation is 1. The first-order valence-electron chi connectivity index (χ1n) is 11.8. The van der Waals surface area contributed by atoms with Crippen LogP contribution in [0.25, 0.3) is 0 Å². The van der Waals surface area contributed by atoms with Gasteiger partial charge in [-0.2, -0.15) is 13.2 Å². The minimum Gasteiger partial charge on any atom is -0.486 e. The number of fused-ring (bicyclic) bond motifs is 1. The molecule has 0 aliphatic carbocycles. The smallest absolute Gasteiger partial charge is 0.427 e. The van der Waals surface area contributed by atoms with Crippen molar-refractivity contribution in [1.29, 1.82) is 0 Å². The first-order valence-corrected chi connectivity index (χ1v) is 13.3. The summed E-state index contributed by atoms with van der Waals surface area (Å²) in [6.07, 6.45) is -6.34. The second kappa shape index (κ2) is 10.3. The number of aliphatic carboxylic acids is 1. The third-order valence-electron chi connectivity index (χ3n) is 6.39. The summed E-state index contributed by atoms with van der Waals surface area (Å²) < 4.78 is 92.2. The maximum absolute atomic E-state index is 13.9. The molecule has 1 heterocycles. The van der Waals surface area contributed by atoms with Gasteiger partial charge >= 0.3 is 18.1 Å². The van der Waals surface area contributed by atoms with E-state index in [2.05, 4.69) is 4.74 Å². The van der Waals surface area contributed by atoms with Gasteiger partial charge in [0, 0.05) is 6.42 Å². The van der Waals surface area contributed by atoms with Crippen LogP contribution in [-0.4, -0.2) is 49.9 Å². The highest BCUT2D eigenvalue weighted by Crippen LogP contribution is 2.41. The molecule has 0 saturated carbocycles. The third-order valence-corrected chi connectivity index (χ3v) is 8.17. The van der Waals surface area contributed by atoms with Crippen LogP contribution in [0, 0.1) is 18.2 Å². The second-order valence-corrected chi connectivity index (χ2v) is 12.4. The lowest BCUT2D eigenvalue weighted by Crippen LogP contribution is -2.46. The van der Waals surface area contributed by atoms with Crippen molar-refractivity contribution >= 4 is 27.6 Å². The summed E-state index contributed by atoms with van der Waals surface area (Å²) in [5.41, 5.74) is -3.78. The highest BCUT2D eigenvalue weighted by molar-refractivity contribution is 7.92. The fraction of sp³-hybridized carbons (Fsp3) is 0.462. The van der Waals surface area contributed by atoms with Crippen molar-refractivity contribution in [1.82, 2.24) is 0 Å². The Balaban J connectivity index is 2.02. The quantitative estimate of drug-likeness (QED) is 0.348. The Hall–Kier alpha value is -3.35. The summed E-state index contributed by atoms with van der Waals surface area (Å²) in [5.74, 6) is -2.85. The van der Waals surface area contributed by atoms with E-state index in [4.69, 9.17) is 4.74 Å². The lowest BCUT2D eigenvalue weighted by Gasteiger charge is -2.38. The Bertz CT molecular complexity index is 1390. The number of ether oxygens (including phenoxy) is 2. The van der Waals surface area contributed by atoms with Crippen LogP contribution in [0.3, 0.4) is 0 Å². The van der Waals surface area contributed by atoms with Gasteiger partial charge in [-0.05, 0) is 76.1 Å². The lowest BCUT2D eigenvalue weighted by molar-refractivity contribution is -0.257. The van der Waals surface area contributed by atoms with Gasteiger partial charge in [0.25, 0.3) is 10.0 Å². The predicted octanol–water partition coefficient (Wildman–Crippen LogP) is 5.02. The van der Waals surface area contributed by atoms with Crippen molar-refractivity contribution in [2.24, 2.45) is 5.41 Å². The van der Waals surface area contributed by atoms with E-state index >= 15 is 0 Å². The number of alkyl halides is 3. The van der Waals surface area contributed by atoms with E-state index in [1.54, 1.807) is 0 Å². The van der Waals surface area contributed by atoms with Gasteiger partial charge in [0.1, 0.15) is 17.7 Å². The maximum atomic E-state index is 13.9. The van der Waals surface area contributed by atoms with E-state index in [1.807, 2.05) is 0 Å². The number of nitrogens with zero attached hydrogens (tertiary/aromatic N) is 1. The molecule has 3 rings (SSSR count). The number of rotatable bonds is 8. The molecule has 0 saturated heterocycles. The average Bonchev–Trinajstić information content (AvgIpc) is 2.78. The van der Waals surface area contributed by atoms with Gasteiger partial charge in [-0.3, -0.25) is 13.9 Å². The molecule has 2 aromatic rings. The normalized spacial score (nSPS) is 16.3. The molecule has 0 unspecified atom stereocenters. The Labute approximate surface area is 223 Å². The van der Waals surface area contributed by atoms with Crippen LogP contribution >= 0.6 is 0 Å². The van der Waals surface area contributed by atoms with Crippen LogP contribution < -0.4 is 9.04 Å². The van der Waals surface area contributed by atoms with Crippen molar-refractivity contribution < 1.29 is 50.1 Å². The van der Waals surface area contributed by atoms with Gasteiger partial charge in [-0.25, -0.2) is 12.8 Å². The topological polar surface area (TPSA) is 110 Å². The summed E-state index contributed by atoms with van der Waals surface area (Å²) in [5, 5.41) is 9.54. The molecule has 39 heavy (non-hydrogen) atoms. The van der Waals surface area contributed by atoms with Crippen molar-refractivity contribution in [3.8, 4) is 5.75 Å². The maximum Gasteiger partial charge on any atom is 0.427 e. The van der Waals surface area contributed by atoms with Crippen molar-refractivity contribution in [3.05, 3.63) is 53.3 Å². The van der Waals surface area contributed by atoms with Gasteiger partial charge in [0.05, 0.1) is 29.0 Å². The van der Waals surface area contributed by atoms with Gasteiger partial charge in [-0.15, -0.1) is 0 Å². The highest BCUT2D eigenvalue weighted by Gasteiger charge is 2.50. The minimum atomic E-state index is -4.80. The zero-order valence-corrected chi connectivity index (χ0v) is 22.7. The van der Waals surface area contributed by atoms with Crippen LogP contribution in [0.5, 0.6) is 5.75 Å². The van der Waals surface area contributed by atoms with Crippen LogP contribution in [0.1, 0.15) is 45.2 Å². The molecule has 8 nitrogen and oxygen atoms in total. The number of anilines is 1. The van der Waals surface area contributed by atoms with Crippen molar-refractivity contribution in [2.75, 3.05) is 10.8 Å². The molecule has 1 atom stereocenters. The molecular weight excluding hydrogens is 546 g/mol. The summed E-state index contributed by atoms with van der Waals surface area (Å²) in [4.78, 5) is 23.8. The molecule has 0 bridgehead atoms. The number of hydrogen-bond acceptors (Lipinski definition) is 6.